The summed E-state index contributed by atoms with van der Waals surface area (Å²) in [6.45, 7) is 7.84. The molecule has 1 aliphatic rings. The first-order chi connectivity index (χ1) is 12.8. The standard InChI is InChI=1S/C22H31N3O2/c1-5-15-13-24-14-16-7-6-8-19(20(15)16)25(21(26)27-22(2,3)4)18-11-9-17(23)10-12-18/h6-8,13-14,17-18H,5,9-12,23H2,1-4H3. The first-order valence-corrected chi connectivity index (χ1v) is 9.93. The summed E-state index contributed by atoms with van der Waals surface area (Å²) in [6.07, 6.45) is 7.98. The lowest BCUT2D eigenvalue weighted by Gasteiger charge is -2.37. The molecule has 0 bridgehead atoms. The average Bonchev–Trinajstić information content (AvgIpc) is 2.61. The van der Waals surface area contributed by atoms with Crippen molar-refractivity contribution in [3.8, 4) is 0 Å². The lowest BCUT2D eigenvalue weighted by Crippen LogP contribution is -2.46. The molecule has 1 amide bonds. The van der Waals surface area contributed by atoms with Crippen LogP contribution in [0.15, 0.2) is 30.6 Å². The van der Waals surface area contributed by atoms with Gasteiger partial charge in [0.2, 0.25) is 0 Å². The number of rotatable bonds is 3. The minimum atomic E-state index is -0.542. The van der Waals surface area contributed by atoms with E-state index in [1.54, 1.807) is 0 Å². The molecule has 0 atom stereocenters. The summed E-state index contributed by atoms with van der Waals surface area (Å²) in [5.74, 6) is 0. The van der Waals surface area contributed by atoms with E-state index in [2.05, 4.69) is 18.0 Å². The van der Waals surface area contributed by atoms with E-state index in [-0.39, 0.29) is 18.2 Å². The Morgan fingerprint density at radius 2 is 1.93 bits per heavy atom. The Balaban J connectivity index is 2.10. The fraction of sp³-hybridized carbons (Fsp3) is 0.545. The SMILES string of the molecule is CCc1cncc2cccc(N(C(=O)OC(C)(C)C)C3CCC(N)CC3)c12. The van der Waals surface area contributed by atoms with E-state index in [1.165, 1.54) is 0 Å². The van der Waals surface area contributed by atoms with E-state index in [9.17, 15) is 4.79 Å². The highest BCUT2D eigenvalue weighted by atomic mass is 16.6. The maximum Gasteiger partial charge on any atom is 0.415 e. The lowest BCUT2D eigenvalue weighted by molar-refractivity contribution is 0.0557. The molecule has 0 radical (unpaired) electrons. The fourth-order valence-corrected chi connectivity index (χ4v) is 3.87. The molecule has 1 saturated carbocycles. The van der Waals surface area contributed by atoms with Crippen LogP contribution in [-0.4, -0.2) is 28.8 Å². The average molecular weight is 370 g/mol. The van der Waals surface area contributed by atoms with Gasteiger partial charge in [-0.15, -0.1) is 0 Å². The van der Waals surface area contributed by atoms with Crippen LogP contribution in [0.2, 0.25) is 0 Å². The third kappa shape index (κ3) is 4.41. The quantitative estimate of drug-likeness (QED) is 0.843. The first kappa shape index (κ1) is 19.6. The van der Waals surface area contributed by atoms with Crippen LogP contribution in [0.5, 0.6) is 0 Å². The monoisotopic (exact) mass is 369 g/mol. The van der Waals surface area contributed by atoms with Gasteiger partial charge in [-0.3, -0.25) is 9.88 Å². The van der Waals surface area contributed by atoms with Gasteiger partial charge in [0.15, 0.2) is 0 Å². The topological polar surface area (TPSA) is 68.5 Å². The number of hydrogen-bond acceptors (Lipinski definition) is 4. The second-order valence-corrected chi connectivity index (χ2v) is 8.45. The summed E-state index contributed by atoms with van der Waals surface area (Å²) in [6, 6.07) is 6.40. The Bertz CT molecular complexity index is 800. The Hall–Kier alpha value is -2.14. The van der Waals surface area contributed by atoms with Gasteiger partial charge in [-0.25, -0.2) is 4.79 Å². The molecule has 0 spiro atoms. The Morgan fingerprint density at radius 1 is 1.22 bits per heavy atom. The number of fused-ring (bicyclic) bond motifs is 1. The van der Waals surface area contributed by atoms with Crippen LogP contribution in [0.4, 0.5) is 10.5 Å². The molecule has 0 saturated heterocycles. The Morgan fingerprint density at radius 3 is 2.56 bits per heavy atom. The highest BCUT2D eigenvalue weighted by Gasteiger charge is 2.33. The summed E-state index contributed by atoms with van der Waals surface area (Å²) >= 11 is 0. The Kier molecular flexibility index (Phi) is 5.70. The van der Waals surface area contributed by atoms with Crippen LogP contribution in [0.1, 0.15) is 58.9 Å². The predicted octanol–water partition coefficient (Wildman–Crippen LogP) is 4.81. The number of anilines is 1. The number of aromatic nitrogens is 1. The van der Waals surface area contributed by atoms with Crippen molar-refractivity contribution >= 4 is 22.6 Å². The Labute approximate surface area is 161 Å². The van der Waals surface area contributed by atoms with E-state index in [4.69, 9.17) is 10.5 Å². The third-order valence-electron chi connectivity index (χ3n) is 5.18. The van der Waals surface area contributed by atoms with Crippen molar-refractivity contribution < 1.29 is 9.53 Å². The number of benzene rings is 1. The molecule has 1 aromatic carbocycles. The second kappa shape index (κ2) is 7.85. The molecule has 1 aliphatic carbocycles. The zero-order chi connectivity index (χ0) is 19.6. The van der Waals surface area contributed by atoms with Crippen LogP contribution in [0.25, 0.3) is 10.8 Å². The van der Waals surface area contributed by atoms with Crippen LogP contribution in [-0.2, 0) is 11.2 Å². The number of aryl methyl sites for hydroxylation is 1. The van der Waals surface area contributed by atoms with Gasteiger partial charge >= 0.3 is 6.09 Å². The number of hydrogen-bond donors (Lipinski definition) is 1. The second-order valence-electron chi connectivity index (χ2n) is 8.45. The molecule has 0 unspecified atom stereocenters. The van der Waals surface area contributed by atoms with Crippen molar-refractivity contribution in [1.82, 2.24) is 4.98 Å². The number of amides is 1. The van der Waals surface area contributed by atoms with E-state index in [0.29, 0.717) is 0 Å². The normalized spacial score (nSPS) is 20.5. The summed E-state index contributed by atoms with van der Waals surface area (Å²) in [7, 11) is 0. The van der Waals surface area contributed by atoms with Gasteiger partial charge < -0.3 is 10.5 Å². The molecule has 2 N–H and O–H groups in total. The zero-order valence-corrected chi connectivity index (χ0v) is 16.9. The summed E-state index contributed by atoms with van der Waals surface area (Å²) in [5, 5.41) is 2.14. The number of nitrogens with zero attached hydrogens (tertiary/aromatic N) is 2. The van der Waals surface area contributed by atoms with Gasteiger partial charge in [0.1, 0.15) is 5.60 Å². The van der Waals surface area contributed by atoms with Gasteiger partial charge in [-0.2, -0.15) is 0 Å². The van der Waals surface area contributed by atoms with Gasteiger partial charge in [0.25, 0.3) is 0 Å². The van der Waals surface area contributed by atoms with E-state index in [1.807, 2.05) is 50.2 Å². The van der Waals surface area contributed by atoms with Gasteiger partial charge in [0, 0.05) is 35.2 Å². The molecule has 1 heterocycles. The highest BCUT2D eigenvalue weighted by molar-refractivity contribution is 6.03. The van der Waals surface area contributed by atoms with Crippen molar-refractivity contribution in [2.45, 2.75) is 77.5 Å². The number of nitrogens with two attached hydrogens (primary N) is 1. The van der Waals surface area contributed by atoms with Crippen LogP contribution < -0.4 is 10.6 Å². The number of carbonyl (C=O) groups excluding carboxylic acids is 1. The number of ether oxygens (including phenoxy) is 1. The molecule has 1 fully saturated rings. The minimum Gasteiger partial charge on any atom is -0.443 e. The molecular formula is C22H31N3O2. The molecule has 2 aromatic rings. The number of pyridine rings is 1. The van der Waals surface area contributed by atoms with Crippen LogP contribution in [0, 0.1) is 0 Å². The smallest absolute Gasteiger partial charge is 0.415 e. The lowest BCUT2D eigenvalue weighted by atomic mass is 9.90. The maximum absolute atomic E-state index is 13.2. The molecule has 5 nitrogen and oxygen atoms in total. The molecule has 1 aromatic heterocycles. The zero-order valence-electron chi connectivity index (χ0n) is 16.9. The third-order valence-corrected chi connectivity index (χ3v) is 5.18. The van der Waals surface area contributed by atoms with E-state index < -0.39 is 5.60 Å². The summed E-state index contributed by atoms with van der Waals surface area (Å²) in [5.41, 5.74) is 7.63. The largest absolute Gasteiger partial charge is 0.443 e. The summed E-state index contributed by atoms with van der Waals surface area (Å²) < 4.78 is 5.80. The van der Waals surface area contributed by atoms with Crippen molar-refractivity contribution in [2.24, 2.45) is 5.73 Å². The summed E-state index contributed by atoms with van der Waals surface area (Å²) in [4.78, 5) is 19.5. The van der Waals surface area contributed by atoms with E-state index >= 15 is 0 Å². The highest BCUT2D eigenvalue weighted by Crippen LogP contribution is 2.35. The maximum atomic E-state index is 13.2. The molecular weight excluding hydrogens is 338 g/mol. The van der Waals surface area contributed by atoms with Crippen molar-refractivity contribution in [1.29, 1.82) is 0 Å². The molecule has 27 heavy (non-hydrogen) atoms. The minimum absolute atomic E-state index is 0.100. The van der Waals surface area contributed by atoms with Crippen molar-refractivity contribution in [3.05, 3.63) is 36.2 Å². The van der Waals surface area contributed by atoms with Gasteiger partial charge in [-0.1, -0.05) is 19.1 Å². The molecule has 3 rings (SSSR count). The molecule has 5 heteroatoms. The fourth-order valence-electron chi connectivity index (χ4n) is 3.87. The van der Waals surface area contributed by atoms with Gasteiger partial charge in [-0.05, 0) is 64.5 Å². The van der Waals surface area contributed by atoms with Crippen LogP contribution >= 0.6 is 0 Å². The van der Waals surface area contributed by atoms with Crippen molar-refractivity contribution in [2.75, 3.05) is 4.90 Å². The van der Waals surface area contributed by atoms with Crippen molar-refractivity contribution in [3.63, 3.8) is 0 Å². The van der Waals surface area contributed by atoms with Crippen LogP contribution in [0.3, 0.4) is 0 Å². The predicted molar refractivity (Wildman–Crippen MR) is 110 cm³/mol. The molecule has 0 aliphatic heterocycles. The van der Waals surface area contributed by atoms with E-state index in [0.717, 1.165) is 54.1 Å². The first-order valence-electron chi connectivity index (χ1n) is 9.93. The number of carbonyl (C=O) groups is 1. The van der Waals surface area contributed by atoms with Gasteiger partial charge in [0.05, 0.1) is 5.69 Å². The molecule has 146 valence electrons.